The molecule has 7 heteroatoms. The first kappa shape index (κ1) is 19.5. The lowest BCUT2D eigenvalue weighted by Crippen LogP contribution is -2.23. The maximum Gasteiger partial charge on any atom is 0.399 e. The van der Waals surface area contributed by atoms with Crippen LogP contribution in [0.3, 0.4) is 0 Å². The Kier molecular flexibility index (Phi) is 5.73. The van der Waals surface area contributed by atoms with Gasteiger partial charge in [0.1, 0.15) is 23.6 Å². The van der Waals surface area contributed by atoms with Crippen LogP contribution >= 0.6 is 0 Å². The maximum absolute atomic E-state index is 13.6. The van der Waals surface area contributed by atoms with Gasteiger partial charge in [0.15, 0.2) is 5.69 Å². The van der Waals surface area contributed by atoms with Gasteiger partial charge in [-0.15, -0.1) is 0 Å². The molecule has 5 nitrogen and oxygen atoms in total. The lowest BCUT2D eigenvalue weighted by molar-refractivity contribution is 0.0945. The fourth-order valence-electron chi connectivity index (χ4n) is 2.52. The van der Waals surface area contributed by atoms with E-state index in [4.69, 9.17) is 9.15 Å². The highest BCUT2D eigenvalue weighted by Crippen LogP contribution is 2.25. The second kappa shape index (κ2) is 8.21. The van der Waals surface area contributed by atoms with Crippen LogP contribution in [0.25, 0.3) is 0 Å². The number of carbonyl (C=O) groups excluding carboxylic acids is 1. The number of halogens is 2. The predicted molar refractivity (Wildman–Crippen MR) is 99.4 cm³/mol. The highest BCUT2D eigenvalue weighted by Gasteiger charge is 2.15. The number of nitrogens with one attached hydrogen (secondary N) is 1. The first-order valence-electron chi connectivity index (χ1n) is 8.79. The van der Waals surface area contributed by atoms with Crippen LogP contribution in [0.1, 0.15) is 46.9 Å². The van der Waals surface area contributed by atoms with E-state index in [-0.39, 0.29) is 23.9 Å². The zero-order valence-electron chi connectivity index (χ0n) is 15.8. The second-order valence-corrected chi connectivity index (χ2v) is 6.70. The zero-order chi connectivity index (χ0) is 20.3. The number of rotatable bonds is 6. The predicted octanol–water partition coefficient (Wildman–Crippen LogP) is 5.11. The molecule has 0 unspecified atom stereocenters. The number of ether oxygens (including phenoxy) is 1. The van der Waals surface area contributed by atoms with E-state index in [1.54, 1.807) is 6.07 Å². The van der Waals surface area contributed by atoms with Crippen molar-refractivity contribution in [1.82, 2.24) is 10.3 Å². The van der Waals surface area contributed by atoms with Crippen molar-refractivity contribution in [3.8, 4) is 11.8 Å². The van der Waals surface area contributed by atoms with E-state index < -0.39 is 17.5 Å². The standard InChI is InChI=1S/C21H20F2N2O3/c1-12(2)15-5-4-6-16(9-15)28-21-25-19(11-27-21)20(26)24-10-14-7-17(22)13(3)18(23)8-14/h4-9,11-12H,10H2,1-3H3,(H,24,26). The highest BCUT2D eigenvalue weighted by molar-refractivity contribution is 5.91. The number of oxazole rings is 1. The minimum atomic E-state index is -0.662. The van der Waals surface area contributed by atoms with Crippen molar-refractivity contribution < 1.29 is 22.7 Å². The third-order valence-electron chi connectivity index (χ3n) is 4.24. The van der Waals surface area contributed by atoms with E-state index in [9.17, 15) is 13.6 Å². The molecule has 2 aromatic carbocycles. The molecule has 1 aromatic heterocycles. The van der Waals surface area contributed by atoms with Crippen molar-refractivity contribution in [1.29, 1.82) is 0 Å². The largest absolute Gasteiger partial charge is 0.416 e. The number of amides is 1. The van der Waals surface area contributed by atoms with E-state index in [0.29, 0.717) is 17.2 Å². The third-order valence-corrected chi connectivity index (χ3v) is 4.24. The zero-order valence-corrected chi connectivity index (χ0v) is 15.8. The summed E-state index contributed by atoms with van der Waals surface area (Å²) in [5, 5.41) is 2.54. The summed E-state index contributed by atoms with van der Waals surface area (Å²) in [7, 11) is 0. The summed E-state index contributed by atoms with van der Waals surface area (Å²) in [5.74, 6) is -0.984. The van der Waals surface area contributed by atoms with Gasteiger partial charge in [0, 0.05) is 12.1 Å². The second-order valence-electron chi connectivity index (χ2n) is 6.70. The number of nitrogens with zero attached hydrogens (tertiary/aromatic N) is 1. The third kappa shape index (κ3) is 4.54. The van der Waals surface area contributed by atoms with Crippen molar-refractivity contribution in [2.24, 2.45) is 0 Å². The van der Waals surface area contributed by atoms with Crippen molar-refractivity contribution in [3.63, 3.8) is 0 Å². The average Bonchev–Trinajstić information content (AvgIpc) is 3.12. The fraction of sp³-hybridized carbons (Fsp3) is 0.238. The smallest absolute Gasteiger partial charge is 0.399 e. The Morgan fingerprint density at radius 2 is 1.93 bits per heavy atom. The molecule has 0 spiro atoms. The summed E-state index contributed by atoms with van der Waals surface area (Å²) in [6, 6.07) is 9.84. The quantitative estimate of drug-likeness (QED) is 0.640. The van der Waals surface area contributed by atoms with Crippen LogP contribution in [0.4, 0.5) is 8.78 Å². The monoisotopic (exact) mass is 386 g/mol. The van der Waals surface area contributed by atoms with Crippen LogP contribution in [0.5, 0.6) is 11.8 Å². The number of aromatic nitrogens is 1. The summed E-state index contributed by atoms with van der Waals surface area (Å²) >= 11 is 0. The van der Waals surface area contributed by atoms with E-state index in [0.717, 1.165) is 11.8 Å². The van der Waals surface area contributed by atoms with Crippen LogP contribution in [-0.2, 0) is 6.54 Å². The van der Waals surface area contributed by atoms with Crippen molar-refractivity contribution in [2.75, 3.05) is 0 Å². The topological polar surface area (TPSA) is 64.4 Å². The number of carbonyl (C=O) groups is 1. The van der Waals surface area contributed by atoms with Gasteiger partial charge in [-0.05, 0) is 48.2 Å². The van der Waals surface area contributed by atoms with E-state index in [1.165, 1.54) is 19.1 Å². The van der Waals surface area contributed by atoms with Gasteiger partial charge in [-0.25, -0.2) is 8.78 Å². The molecule has 146 valence electrons. The van der Waals surface area contributed by atoms with Gasteiger partial charge in [0.2, 0.25) is 0 Å². The Balaban J connectivity index is 1.63. The highest BCUT2D eigenvalue weighted by atomic mass is 19.1. The fourth-order valence-corrected chi connectivity index (χ4v) is 2.52. The van der Waals surface area contributed by atoms with Crippen LogP contribution in [-0.4, -0.2) is 10.9 Å². The Hall–Kier alpha value is -3.22. The van der Waals surface area contributed by atoms with Crippen molar-refractivity contribution in [3.05, 3.63) is 76.7 Å². The van der Waals surface area contributed by atoms with Gasteiger partial charge in [0.25, 0.3) is 5.91 Å². The normalized spacial score (nSPS) is 10.9. The molecule has 1 heterocycles. The average molecular weight is 386 g/mol. The van der Waals surface area contributed by atoms with Gasteiger partial charge in [0.05, 0.1) is 0 Å². The van der Waals surface area contributed by atoms with Crippen LogP contribution in [0, 0.1) is 18.6 Å². The molecule has 0 aliphatic rings. The molecule has 0 bridgehead atoms. The molecule has 0 aliphatic carbocycles. The molecular formula is C21H20F2N2O3. The molecule has 3 aromatic rings. The lowest BCUT2D eigenvalue weighted by atomic mass is 10.0. The minimum absolute atomic E-state index is 0.00284. The van der Waals surface area contributed by atoms with Gasteiger partial charge < -0.3 is 14.5 Å². The first-order chi connectivity index (χ1) is 13.3. The van der Waals surface area contributed by atoms with Gasteiger partial charge in [-0.1, -0.05) is 26.0 Å². The number of benzene rings is 2. The van der Waals surface area contributed by atoms with Gasteiger partial charge >= 0.3 is 6.08 Å². The van der Waals surface area contributed by atoms with Crippen LogP contribution in [0.2, 0.25) is 0 Å². The molecule has 3 rings (SSSR count). The molecule has 0 saturated carbocycles. The summed E-state index contributed by atoms with van der Waals surface area (Å²) in [6.07, 6.45) is 1.09. The van der Waals surface area contributed by atoms with Crippen molar-refractivity contribution >= 4 is 5.91 Å². The Morgan fingerprint density at radius 3 is 2.61 bits per heavy atom. The maximum atomic E-state index is 13.6. The van der Waals surface area contributed by atoms with Gasteiger partial charge in [-0.3, -0.25) is 4.79 Å². The Labute approximate surface area is 161 Å². The Bertz CT molecular complexity index is 976. The van der Waals surface area contributed by atoms with Crippen LogP contribution in [0.15, 0.2) is 47.1 Å². The van der Waals surface area contributed by atoms with E-state index in [2.05, 4.69) is 24.1 Å². The number of hydrogen-bond acceptors (Lipinski definition) is 4. The molecular weight excluding hydrogens is 366 g/mol. The summed E-state index contributed by atoms with van der Waals surface area (Å²) < 4.78 is 37.9. The summed E-state index contributed by atoms with van der Waals surface area (Å²) in [6.45, 7) is 5.43. The van der Waals surface area contributed by atoms with E-state index in [1.807, 2.05) is 18.2 Å². The SMILES string of the molecule is Cc1c(F)cc(CNC(=O)c2coc(Oc3cccc(C(C)C)c3)n2)cc1F. The molecule has 0 fully saturated rings. The van der Waals surface area contributed by atoms with Crippen molar-refractivity contribution in [2.45, 2.75) is 33.2 Å². The van der Waals surface area contributed by atoms with Gasteiger partial charge in [-0.2, -0.15) is 4.98 Å². The van der Waals surface area contributed by atoms with Crippen LogP contribution < -0.4 is 10.1 Å². The molecule has 0 aliphatic heterocycles. The summed E-state index contributed by atoms with van der Waals surface area (Å²) in [5.41, 5.74) is 1.34. The molecule has 1 amide bonds. The minimum Gasteiger partial charge on any atom is -0.416 e. The Morgan fingerprint density at radius 1 is 1.21 bits per heavy atom. The number of hydrogen-bond donors (Lipinski definition) is 1. The first-order valence-corrected chi connectivity index (χ1v) is 8.79. The molecule has 28 heavy (non-hydrogen) atoms. The molecule has 0 saturated heterocycles. The molecule has 1 N–H and O–H groups in total. The molecule has 0 atom stereocenters. The lowest BCUT2D eigenvalue weighted by Gasteiger charge is -2.07. The molecule has 0 radical (unpaired) electrons. The van der Waals surface area contributed by atoms with E-state index >= 15 is 0 Å². The summed E-state index contributed by atoms with van der Waals surface area (Å²) in [4.78, 5) is 16.2.